The molecular weight excluding hydrogens is 232 g/mol. The SMILES string of the molecule is COCCn1ccc(NC(=O)[C@@H](C)N)n1.Cl. The summed E-state index contributed by atoms with van der Waals surface area (Å²) < 4.78 is 6.60. The van der Waals surface area contributed by atoms with Crippen LogP contribution in [0.25, 0.3) is 0 Å². The second-order valence-corrected chi connectivity index (χ2v) is 3.23. The van der Waals surface area contributed by atoms with Crippen LogP contribution in [0.1, 0.15) is 6.92 Å². The van der Waals surface area contributed by atoms with Crippen molar-refractivity contribution in [1.82, 2.24) is 9.78 Å². The summed E-state index contributed by atoms with van der Waals surface area (Å²) >= 11 is 0. The Bertz CT molecular complexity index is 327. The number of methoxy groups -OCH3 is 1. The molecule has 0 radical (unpaired) electrons. The molecule has 3 N–H and O–H groups in total. The van der Waals surface area contributed by atoms with E-state index in [0.717, 1.165) is 0 Å². The molecule has 0 aliphatic carbocycles. The molecule has 7 heteroatoms. The van der Waals surface area contributed by atoms with Crippen LogP contribution < -0.4 is 11.1 Å². The quantitative estimate of drug-likeness (QED) is 0.782. The van der Waals surface area contributed by atoms with Gasteiger partial charge in [-0.05, 0) is 6.92 Å². The van der Waals surface area contributed by atoms with Gasteiger partial charge in [0.15, 0.2) is 5.82 Å². The number of ether oxygens (including phenoxy) is 1. The summed E-state index contributed by atoms with van der Waals surface area (Å²) in [6, 6.07) is 1.18. The first kappa shape index (κ1) is 14.9. The van der Waals surface area contributed by atoms with Gasteiger partial charge >= 0.3 is 0 Å². The second kappa shape index (κ2) is 7.21. The largest absolute Gasteiger partial charge is 0.383 e. The summed E-state index contributed by atoms with van der Waals surface area (Å²) in [5.74, 6) is 0.264. The van der Waals surface area contributed by atoms with Crippen LogP contribution in [0, 0.1) is 0 Å². The van der Waals surface area contributed by atoms with Crippen LogP contribution in [0.5, 0.6) is 0 Å². The predicted molar refractivity (Wildman–Crippen MR) is 63.6 cm³/mol. The van der Waals surface area contributed by atoms with Crippen molar-refractivity contribution >= 4 is 24.1 Å². The molecule has 1 heterocycles. The van der Waals surface area contributed by atoms with Gasteiger partial charge in [-0.2, -0.15) is 5.10 Å². The van der Waals surface area contributed by atoms with Gasteiger partial charge in [-0.15, -0.1) is 12.4 Å². The number of rotatable bonds is 5. The first-order valence-electron chi connectivity index (χ1n) is 4.72. The third-order valence-corrected chi connectivity index (χ3v) is 1.83. The van der Waals surface area contributed by atoms with Gasteiger partial charge in [-0.25, -0.2) is 0 Å². The van der Waals surface area contributed by atoms with E-state index < -0.39 is 6.04 Å². The van der Waals surface area contributed by atoms with Crippen LogP contribution in [-0.4, -0.2) is 35.4 Å². The maximum atomic E-state index is 11.2. The molecule has 1 aromatic heterocycles. The molecule has 1 aromatic rings. The lowest BCUT2D eigenvalue weighted by atomic mass is 10.3. The summed E-state index contributed by atoms with van der Waals surface area (Å²) in [4.78, 5) is 11.2. The molecule has 0 aromatic carbocycles. The summed E-state index contributed by atoms with van der Waals surface area (Å²) in [6.07, 6.45) is 1.77. The Labute approximate surface area is 101 Å². The monoisotopic (exact) mass is 248 g/mol. The minimum Gasteiger partial charge on any atom is -0.383 e. The molecule has 0 unspecified atom stereocenters. The van der Waals surface area contributed by atoms with Crippen LogP contribution in [0.3, 0.4) is 0 Å². The van der Waals surface area contributed by atoms with E-state index in [9.17, 15) is 4.79 Å². The summed E-state index contributed by atoms with van der Waals surface area (Å²) in [5.41, 5.74) is 5.40. The molecule has 1 amide bonds. The number of nitrogens with one attached hydrogen (secondary N) is 1. The molecule has 0 saturated heterocycles. The van der Waals surface area contributed by atoms with Crippen molar-refractivity contribution < 1.29 is 9.53 Å². The molecule has 1 atom stereocenters. The van der Waals surface area contributed by atoms with E-state index in [0.29, 0.717) is 19.0 Å². The van der Waals surface area contributed by atoms with Crippen LogP contribution >= 0.6 is 12.4 Å². The van der Waals surface area contributed by atoms with Crippen molar-refractivity contribution in [3.63, 3.8) is 0 Å². The Balaban J connectivity index is 0.00000225. The number of carbonyl (C=O) groups is 1. The van der Waals surface area contributed by atoms with E-state index in [2.05, 4.69) is 10.4 Å². The highest BCUT2D eigenvalue weighted by atomic mass is 35.5. The number of amides is 1. The number of halogens is 1. The minimum atomic E-state index is -0.533. The number of carbonyl (C=O) groups excluding carboxylic acids is 1. The average Bonchev–Trinajstić information content (AvgIpc) is 2.62. The number of aromatic nitrogens is 2. The molecule has 0 saturated carbocycles. The lowest BCUT2D eigenvalue weighted by Gasteiger charge is -2.04. The number of nitrogens with two attached hydrogens (primary N) is 1. The summed E-state index contributed by atoms with van der Waals surface area (Å²) in [7, 11) is 1.63. The lowest BCUT2D eigenvalue weighted by Crippen LogP contribution is -2.32. The molecule has 0 aliphatic heterocycles. The van der Waals surface area contributed by atoms with Crippen molar-refractivity contribution in [2.45, 2.75) is 19.5 Å². The standard InChI is InChI=1S/C9H16N4O2.ClH/c1-7(10)9(14)11-8-3-4-13(12-8)5-6-15-2;/h3-4,7H,5-6,10H2,1-2H3,(H,11,12,14);1H/t7-;/m1./s1. The predicted octanol–water partition coefficient (Wildman–Crippen LogP) is 0.237. The van der Waals surface area contributed by atoms with Crippen molar-refractivity contribution in [1.29, 1.82) is 0 Å². The van der Waals surface area contributed by atoms with Crippen molar-refractivity contribution in [2.24, 2.45) is 5.73 Å². The molecule has 16 heavy (non-hydrogen) atoms. The Kier molecular flexibility index (Phi) is 6.71. The highest BCUT2D eigenvalue weighted by Crippen LogP contribution is 2.02. The third kappa shape index (κ3) is 4.61. The third-order valence-electron chi connectivity index (χ3n) is 1.83. The summed E-state index contributed by atoms with van der Waals surface area (Å²) in [6.45, 7) is 2.87. The van der Waals surface area contributed by atoms with Crippen LogP contribution in [0.15, 0.2) is 12.3 Å². The smallest absolute Gasteiger partial charge is 0.242 e. The van der Waals surface area contributed by atoms with Gasteiger partial charge < -0.3 is 15.8 Å². The van der Waals surface area contributed by atoms with Gasteiger partial charge in [0.1, 0.15) is 0 Å². The Hall–Kier alpha value is -1.11. The van der Waals surface area contributed by atoms with Crippen LogP contribution in [0.2, 0.25) is 0 Å². The lowest BCUT2D eigenvalue weighted by molar-refractivity contribution is -0.117. The van der Waals surface area contributed by atoms with Crippen molar-refractivity contribution in [2.75, 3.05) is 19.0 Å². The molecule has 0 bridgehead atoms. The molecule has 6 nitrogen and oxygen atoms in total. The van der Waals surface area contributed by atoms with Gasteiger partial charge in [0.25, 0.3) is 0 Å². The second-order valence-electron chi connectivity index (χ2n) is 3.23. The molecule has 92 valence electrons. The van der Waals surface area contributed by atoms with Crippen LogP contribution in [0.4, 0.5) is 5.82 Å². The zero-order chi connectivity index (χ0) is 11.3. The Morgan fingerprint density at radius 2 is 2.44 bits per heavy atom. The van der Waals surface area contributed by atoms with Crippen LogP contribution in [-0.2, 0) is 16.1 Å². The van der Waals surface area contributed by atoms with E-state index in [-0.39, 0.29) is 18.3 Å². The van der Waals surface area contributed by atoms with E-state index >= 15 is 0 Å². The van der Waals surface area contributed by atoms with E-state index in [1.54, 1.807) is 31.0 Å². The molecular formula is C9H17ClN4O2. The van der Waals surface area contributed by atoms with Gasteiger partial charge in [0.2, 0.25) is 5.91 Å². The Morgan fingerprint density at radius 1 is 1.75 bits per heavy atom. The van der Waals surface area contributed by atoms with Gasteiger partial charge in [0, 0.05) is 19.4 Å². The fourth-order valence-electron chi connectivity index (χ4n) is 0.978. The highest BCUT2D eigenvalue weighted by molar-refractivity contribution is 5.93. The average molecular weight is 249 g/mol. The number of nitrogens with zero attached hydrogens (tertiary/aromatic N) is 2. The molecule has 0 fully saturated rings. The zero-order valence-electron chi connectivity index (χ0n) is 9.34. The maximum Gasteiger partial charge on any atom is 0.242 e. The minimum absolute atomic E-state index is 0. The van der Waals surface area contributed by atoms with Gasteiger partial charge in [-0.1, -0.05) is 0 Å². The molecule has 0 spiro atoms. The first-order valence-corrected chi connectivity index (χ1v) is 4.72. The number of hydrogen-bond donors (Lipinski definition) is 2. The molecule has 0 aliphatic rings. The molecule has 1 rings (SSSR count). The van der Waals surface area contributed by atoms with E-state index in [1.807, 2.05) is 0 Å². The summed E-state index contributed by atoms with van der Waals surface area (Å²) in [5, 5.41) is 6.72. The zero-order valence-corrected chi connectivity index (χ0v) is 10.2. The fraction of sp³-hybridized carbons (Fsp3) is 0.556. The van der Waals surface area contributed by atoms with E-state index in [4.69, 9.17) is 10.5 Å². The number of hydrogen-bond acceptors (Lipinski definition) is 4. The first-order chi connectivity index (χ1) is 7.13. The fourth-order valence-corrected chi connectivity index (χ4v) is 0.978. The maximum absolute atomic E-state index is 11.2. The van der Waals surface area contributed by atoms with Crippen molar-refractivity contribution in [3.05, 3.63) is 12.3 Å². The topological polar surface area (TPSA) is 82.2 Å². The Morgan fingerprint density at radius 3 is 3.00 bits per heavy atom. The van der Waals surface area contributed by atoms with Gasteiger partial charge in [0.05, 0.1) is 19.2 Å². The highest BCUT2D eigenvalue weighted by Gasteiger charge is 2.08. The number of anilines is 1. The van der Waals surface area contributed by atoms with E-state index in [1.165, 1.54) is 0 Å². The normalized spacial score (nSPS) is 11.7. The van der Waals surface area contributed by atoms with Gasteiger partial charge in [-0.3, -0.25) is 9.48 Å². The van der Waals surface area contributed by atoms with Crippen molar-refractivity contribution in [3.8, 4) is 0 Å².